The topological polar surface area (TPSA) is 110 Å². The zero-order valence-electron chi connectivity index (χ0n) is 16.6. The fraction of sp³-hybridized carbons (Fsp3) is 0.400. The summed E-state index contributed by atoms with van der Waals surface area (Å²) in [4.78, 5) is 25.4. The molecule has 0 N–H and O–H groups in total. The number of benzene rings is 1. The van der Waals surface area contributed by atoms with Crippen molar-refractivity contribution in [3.63, 3.8) is 0 Å². The Morgan fingerprint density at radius 1 is 0.893 bits per heavy atom. The van der Waals surface area contributed by atoms with Gasteiger partial charge >= 0.3 is 11.1 Å². The Bertz CT molecular complexity index is 1070. The molecule has 0 aliphatic rings. The van der Waals surface area contributed by atoms with Gasteiger partial charge in [-0.15, -0.1) is 0 Å². The van der Waals surface area contributed by atoms with Gasteiger partial charge < -0.3 is 9.47 Å². The summed E-state index contributed by atoms with van der Waals surface area (Å²) < 4.78 is 12.5. The normalized spacial score (nSPS) is 10.8. The highest BCUT2D eigenvalue weighted by atomic mass is 16.5. The van der Waals surface area contributed by atoms with Crippen molar-refractivity contribution in [2.24, 2.45) is 5.41 Å². The van der Waals surface area contributed by atoms with Crippen molar-refractivity contribution in [2.75, 3.05) is 14.2 Å². The van der Waals surface area contributed by atoms with E-state index in [1.54, 1.807) is 18.2 Å². The molecule has 0 saturated heterocycles. The van der Waals surface area contributed by atoms with Crippen molar-refractivity contribution in [1.29, 1.82) is 10.5 Å². The second kappa shape index (κ2) is 8.01. The van der Waals surface area contributed by atoms with Gasteiger partial charge in [0.1, 0.15) is 23.6 Å². The molecule has 0 radical (unpaired) electrons. The number of hydrogen-bond acceptors (Lipinski definition) is 6. The maximum Gasteiger partial charge on any atom is 0.317 e. The third-order valence-electron chi connectivity index (χ3n) is 4.03. The summed E-state index contributed by atoms with van der Waals surface area (Å²) in [7, 11) is 2.99. The molecular formula is C20H22N4O4. The second-order valence-corrected chi connectivity index (χ2v) is 7.48. The molecule has 1 aromatic carbocycles. The number of ether oxygens (including phenoxy) is 2. The van der Waals surface area contributed by atoms with Gasteiger partial charge in [0, 0.05) is 12.6 Å². The Hall–Kier alpha value is -3.52. The van der Waals surface area contributed by atoms with Crippen LogP contribution in [0.2, 0.25) is 0 Å². The first-order valence-electron chi connectivity index (χ1n) is 8.55. The second-order valence-electron chi connectivity index (χ2n) is 7.48. The molecule has 8 heteroatoms. The quantitative estimate of drug-likeness (QED) is 0.730. The van der Waals surface area contributed by atoms with Crippen LogP contribution in [0, 0.1) is 28.1 Å². The highest BCUT2D eigenvalue weighted by molar-refractivity contribution is 5.41. The number of nitrogens with zero attached hydrogens (tertiary/aromatic N) is 4. The summed E-state index contributed by atoms with van der Waals surface area (Å²) in [5.41, 5.74) is -1.75. The highest BCUT2D eigenvalue weighted by Gasteiger charge is 2.23. The molecule has 1 aromatic heterocycles. The fourth-order valence-corrected chi connectivity index (χ4v) is 2.83. The standard InChI is InChI=1S/C20H22N4O4/c1-20(2,3)12-24-17(10-22)16(9-21)23(18(25)19(24)26)11-13-6-14(27-4)8-15(7-13)28-5/h6-8H,11-12H2,1-5H3. The maximum atomic E-state index is 12.7. The van der Waals surface area contributed by atoms with E-state index >= 15 is 0 Å². The van der Waals surface area contributed by atoms with Crippen molar-refractivity contribution in [1.82, 2.24) is 9.13 Å². The Labute approximate surface area is 162 Å². The molecule has 146 valence electrons. The van der Waals surface area contributed by atoms with Crippen LogP contribution < -0.4 is 20.6 Å². The number of nitriles is 2. The monoisotopic (exact) mass is 382 g/mol. The molecule has 0 atom stereocenters. The predicted molar refractivity (Wildman–Crippen MR) is 102 cm³/mol. The molecule has 0 unspecified atom stereocenters. The van der Waals surface area contributed by atoms with Gasteiger partial charge in [0.2, 0.25) is 0 Å². The van der Waals surface area contributed by atoms with Crippen LogP contribution in [0.3, 0.4) is 0 Å². The van der Waals surface area contributed by atoms with Crippen LogP contribution in [0.1, 0.15) is 37.7 Å². The Kier molecular flexibility index (Phi) is 5.95. The molecule has 0 spiro atoms. The average molecular weight is 382 g/mol. The van der Waals surface area contributed by atoms with Crippen LogP contribution >= 0.6 is 0 Å². The van der Waals surface area contributed by atoms with E-state index in [4.69, 9.17) is 9.47 Å². The van der Waals surface area contributed by atoms with Crippen LogP contribution in [-0.2, 0) is 13.1 Å². The Morgan fingerprint density at radius 3 is 1.79 bits per heavy atom. The van der Waals surface area contributed by atoms with Crippen LogP contribution in [0.4, 0.5) is 0 Å². The number of rotatable bonds is 5. The molecular weight excluding hydrogens is 360 g/mol. The van der Waals surface area contributed by atoms with Gasteiger partial charge in [-0.2, -0.15) is 10.5 Å². The molecule has 8 nitrogen and oxygen atoms in total. The summed E-state index contributed by atoms with van der Waals surface area (Å²) in [6.45, 7) is 5.70. The molecule has 0 bridgehead atoms. The summed E-state index contributed by atoms with van der Waals surface area (Å²) in [6, 6.07) is 8.82. The largest absolute Gasteiger partial charge is 0.497 e. The lowest BCUT2D eigenvalue weighted by Crippen LogP contribution is -2.45. The molecule has 0 fully saturated rings. The van der Waals surface area contributed by atoms with Gasteiger partial charge in [-0.3, -0.25) is 18.7 Å². The fourth-order valence-electron chi connectivity index (χ4n) is 2.83. The smallest absolute Gasteiger partial charge is 0.317 e. The number of hydrogen-bond donors (Lipinski definition) is 0. The van der Waals surface area contributed by atoms with E-state index in [0.717, 1.165) is 9.13 Å². The summed E-state index contributed by atoms with van der Waals surface area (Å²) >= 11 is 0. The minimum atomic E-state index is -0.860. The lowest BCUT2D eigenvalue weighted by Gasteiger charge is -2.22. The molecule has 1 heterocycles. The minimum absolute atomic E-state index is 0.0738. The molecule has 2 rings (SSSR count). The van der Waals surface area contributed by atoms with E-state index in [2.05, 4.69) is 0 Å². The highest BCUT2D eigenvalue weighted by Crippen LogP contribution is 2.23. The van der Waals surface area contributed by atoms with Crippen molar-refractivity contribution in [3.05, 3.63) is 55.9 Å². The van der Waals surface area contributed by atoms with Crippen molar-refractivity contribution < 1.29 is 9.47 Å². The Morgan fingerprint density at radius 2 is 1.36 bits per heavy atom. The third-order valence-corrected chi connectivity index (χ3v) is 4.03. The van der Waals surface area contributed by atoms with Gasteiger partial charge in [0.25, 0.3) is 0 Å². The van der Waals surface area contributed by atoms with Crippen LogP contribution in [0.5, 0.6) is 11.5 Å². The SMILES string of the molecule is COc1cc(Cn2c(C#N)c(C#N)n(CC(C)(C)C)c(=O)c2=O)cc(OC)c1. The molecule has 28 heavy (non-hydrogen) atoms. The third kappa shape index (κ3) is 4.24. The maximum absolute atomic E-state index is 12.7. The molecule has 0 saturated carbocycles. The lowest BCUT2D eigenvalue weighted by atomic mass is 9.96. The summed E-state index contributed by atoms with van der Waals surface area (Å²) in [5, 5.41) is 19.2. The van der Waals surface area contributed by atoms with E-state index in [1.807, 2.05) is 32.9 Å². The van der Waals surface area contributed by atoms with Gasteiger partial charge in [-0.25, -0.2) is 0 Å². The molecule has 0 aliphatic heterocycles. The minimum Gasteiger partial charge on any atom is -0.497 e. The summed E-state index contributed by atoms with van der Waals surface area (Å²) in [6.07, 6.45) is 0. The van der Waals surface area contributed by atoms with E-state index < -0.39 is 11.1 Å². The van der Waals surface area contributed by atoms with Crippen LogP contribution in [0.15, 0.2) is 27.8 Å². The lowest BCUT2D eigenvalue weighted by molar-refractivity contribution is 0.333. The van der Waals surface area contributed by atoms with Crippen molar-refractivity contribution >= 4 is 0 Å². The molecule has 0 amide bonds. The van der Waals surface area contributed by atoms with E-state index in [9.17, 15) is 20.1 Å². The van der Waals surface area contributed by atoms with Gasteiger partial charge in [-0.1, -0.05) is 20.8 Å². The summed E-state index contributed by atoms with van der Waals surface area (Å²) in [5.74, 6) is 1.00. The number of aromatic nitrogens is 2. The first-order chi connectivity index (χ1) is 13.1. The number of methoxy groups -OCH3 is 2. The van der Waals surface area contributed by atoms with Gasteiger partial charge in [0.15, 0.2) is 11.4 Å². The van der Waals surface area contributed by atoms with E-state index in [0.29, 0.717) is 17.1 Å². The van der Waals surface area contributed by atoms with E-state index in [1.165, 1.54) is 14.2 Å². The Balaban J connectivity index is 2.72. The van der Waals surface area contributed by atoms with E-state index in [-0.39, 0.29) is 29.9 Å². The van der Waals surface area contributed by atoms with Gasteiger partial charge in [0.05, 0.1) is 20.8 Å². The van der Waals surface area contributed by atoms with Crippen LogP contribution in [-0.4, -0.2) is 23.4 Å². The first-order valence-corrected chi connectivity index (χ1v) is 8.55. The predicted octanol–water partition coefficient (Wildman–Crippen LogP) is 1.86. The van der Waals surface area contributed by atoms with Crippen LogP contribution in [0.25, 0.3) is 0 Å². The van der Waals surface area contributed by atoms with Gasteiger partial charge in [-0.05, 0) is 23.1 Å². The first kappa shape index (κ1) is 20.8. The zero-order valence-corrected chi connectivity index (χ0v) is 16.6. The average Bonchev–Trinajstić information content (AvgIpc) is 2.66. The molecule has 0 aliphatic carbocycles. The van der Waals surface area contributed by atoms with Crippen molar-refractivity contribution in [3.8, 4) is 23.6 Å². The zero-order chi connectivity index (χ0) is 21.1. The van der Waals surface area contributed by atoms with Crippen molar-refractivity contribution in [2.45, 2.75) is 33.9 Å². The molecule has 2 aromatic rings.